The summed E-state index contributed by atoms with van der Waals surface area (Å²) >= 11 is 1.28. The van der Waals surface area contributed by atoms with Crippen LogP contribution in [-0.4, -0.2) is 31.6 Å². The molecule has 7 nitrogen and oxygen atoms in total. The highest BCUT2D eigenvalue weighted by molar-refractivity contribution is 7.89. The first-order valence-corrected chi connectivity index (χ1v) is 9.54. The highest BCUT2D eigenvalue weighted by Gasteiger charge is 2.16. The Labute approximate surface area is 146 Å². The van der Waals surface area contributed by atoms with E-state index in [1.54, 1.807) is 11.4 Å². The second-order valence-electron chi connectivity index (χ2n) is 5.07. The minimum Gasteiger partial charge on any atom is -0.494 e. The molecule has 25 heavy (non-hydrogen) atoms. The Morgan fingerprint density at radius 1 is 1.36 bits per heavy atom. The fraction of sp³-hybridized carbons (Fsp3) is 0.200. The summed E-state index contributed by atoms with van der Waals surface area (Å²) in [6, 6.07) is 5.11. The van der Waals surface area contributed by atoms with E-state index in [-0.39, 0.29) is 29.3 Å². The molecule has 0 spiro atoms. The van der Waals surface area contributed by atoms with Crippen LogP contribution in [-0.2, 0) is 16.6 Å². The molecule has 0 fully saturated rings. The molecule has 0 unspecified atom stereocenters. The first-order valence-electron chi connectivity index (χ1n) is 7.18. The van der Waals surface area contributed by atoms with E-state index in [0.717, 1.165) is 6.07 Å². The van der Waals surface area contributed by atoms with E-state index in [2.05, 4.69) is 9.71 Å². The lowest BCUT2D eigenvalue weighted by molar-refractivity contribution is 0.385. The minimum atomic E-state index is -3.90. The molecule has 0 bridgehead atoms. The van der Waals surface area contributed by atoms with E-state index in [4.69, 9.17) is 4.74 Å². The lowest BCUT2D eigenvalue weighted by Gasteiger charge is -2.09. The number of rotatable bonds is 6. The summed E-state index contributed by atoms with van der Waals surface area (Å²) in [5, 5.41) is 1.77. The van der Waals surface area contributed by atoms with Crippen LogP contribution in [0.5, 0.6) is 5.75 Å². The number of hydrogen-bond acceptors (Lipinski definition) is 6. The van der Waals surface area contributed by atoms with Gasteiger partial charge in [-0.3, -0.25) is 9.36 Å². The van der Waals surface area contributed by atoms with Crippen molar-refractivity contribution in [1.29, 1.82) is 0 Å². The molecule has 3 rings (SSSR count). The third-order valence-electron chi connectivity index (χ3n) is 3.51. The smallest absolute Gasteiger partial charge is 0.271 e. The van der Waals surface area contributed by atoms with Crippen LogP contribution in [0.25, 0.3) is 10.2 Å². The van der Waals surface area contributed by atoms with E-state index in [1.165, 1.54) is 41.5 Å². The Bertz CT molecular complexity index is 1080. The van der Waals surface area contributed by atoms with Crippen LogP contribution < -0.4 is 15.0 Å². The van der Waals surface area contributed by atoms with Gasteiger partial charge in [-0.15, -0.1) is 11.3 Å². The summed E-state index contributed by atoms with van der Waals surface area (Å²) in [5.74, 6) is -0.810. The molecular weight excluding hydrogens is 369 g/mol. The average Bonchev–Trinajstić information content (AvgIpc) is 3.06. The molecule has 1 N–H and O–H groups in total. The maximum atomic E-state index is 13.7. The van der Waals surface area contributed by atoms with Crippen LogP contribution in [0.2, 0.25) is 0 Å². The number of halogens is 1. The maximum Gasteiger partial charge on any atom is 0.271 e. The zero-order valence-corrected chi connectivity index (χ0v) is 14.7. The molecule has 2 heterocycles. The number of thiophene rings is 1. The summed E-state index contributed by atoms with van der Waals surface area (Å²) in [6.07, 6.45) is 1.37. The van der Waals surface area contributed by atoms with Crippen molar-refractivity contribution in [2.45, 2.75) is 11.4 Å². The quantitative estimate of drug-likeness (QED) is 0.698. The SMILES string of the molecule is COc1ccc(S(=O)(=O)NCCn2cnc3ccsc3c2=O)cc1F. The van der Waals surface area contributed by atoms with E-state index in [1.807, 2.05) is 0 Å². The van der Waals surface area contributed by atoms with Crippen LogP contribution in [0.1, 0.15) is 0 Å². The molecule has 0 aliphatic rings. The van der Waals surface area contributed by atoms with Crippen molar-refractivity contribution in [1.82, 2.24) is 14.3 Å². The van der Waals surface area contributed by atoms with Crippen LogP contribution in [0.3, 0.4) is 0 Å². The monoisotopic (exact) mass is 383 g/mol. The Morgan fingerprint density at radius 3 is 2.88 bits per heavy atom. The van der Waals surface area contributed by atoms with Crippen LogP contribution in [0, 0.1) is 5.82 Å². The van der Waals surface area contributed by atoms with E-state index >= 15 is 0 Å². The fourth-order valence-corrected chi connectivity index (χ4v) is 4.06. The Hall–Kier alpha value is -2.30. The second kappa shape index (κ2) is 6.90. The molecule has 0 amide bonds. The highest BCUT2D eigenvalue weighted by atomic mass is 32.2. The van der Waals surface area contributed by atoms with Crippen molar-refractivity contribution in [3.05, 3.63) is 52.1 Å². The number of hydrogen-bond donors (Lipinski definition) is 1. The number of sulfonamides is 1. The summed E-state index contributed by atoms with van der Waals surface area (Å²) < 4.78 is 47.0. The zero-order valence-electron chi connectivity index (χ0n) is 13.1. The summed E-state index contributed by atoms with van der Waals surface area (Å²) in [5.41, 5.74) is 0.384. The Morgan fingerprint density at radius 2 is 2.16 bits per heavy atom. The lowest BCUT2D eigenvalue weighted by Crippen LogP contribution is -2.31. The number of aromatic nitrogens is 2. The van der Waals surface area contributed by atoms with Crippen molar-refractivity contribution in [2.75, 3.05) is 13.7 Å². The number of fused-ring (bicyclic) bond motifs is 1. The third-order valence-corrected chi connectivity index (χ3v) is 5.86. The van der Waals surface area contributed by atoms with E-state index in [0.29, 0.717) is 10.2 Å². The summed E-state index contributed by atoms with van der Waals surface area (Å²) in [7, 11) is -2.61. The van der Waals surface area contributed by atoms with Crippen LogP contribution in [0.15, 0.2) is 45.7 Å². The van der Waals surface area contributed by atoms with Crippen molar-refractivity contribution < 1.29 is 17.5 Å². The molecule has 0 radical (unpaired) electrons. The van der Waals surface area contributed by atoms with Gasteiger partial charge in [0.05, 0.1) is 23.8 Å². The van der Waals surface area contributed by atoms with Crippen molar-refractivity contribution in [3.8, 4) is 5.75 Å². The summed E-state index contributed by atoms with van der Waals surface area (Å²) in [4.78, 5) is 16.1. The number of ether oxygens (including phenoxy) is 1. The van der Waals surface area contributed by atoms with Crippen molar-refractivity contribution in [3.63, 3.8) is 0 Å². The normalized spacial score (nSPS) is 11.8. The van der Waals surface area contributed by atoms with Crippen molar-refractivity contribution >= 4 is 31.6 Å². The standard InChI is InChI=1S/C15H14FN3O4S2/c1-23-13-3-2-10(8-11(13)16)25(21,22)18-5-6-19-9-17-12-4-7-24-14(12)15(19)20/h2-4,7-9,18H,5-6H2,1H3. The first kappa shape index (κ1) is 17.5. The zero-order chi connectivity index (χ0) is 18.0. The molecule has 0 atom stereocenters. The van der Waals surface area contributed by atoms with Crippen LogP contribution in [0.4, 0.5) is 4.39 Å². The number of nitrogens with one attached hydrogen (secondary N) is 1. The van der Waals surface area contributed by atoms with Gasteiger partial charge in [-0.2, -0.15) is 0 Å². The molecule has 0 saturated carbocycles. The first-order chi connectivity index (χ1) is 11.9. The van der Waals surface area contributed by atoms with Gasteiger partial charge >= 0.3 is 0 Å². The molecule has 3 aromatic rings. The maximum absolute atomic E-state index is 13.7. The van der Waals surface area contributed by atoms with Gasteiger partial charge in [0.25, 0.3) is 5.56 Å². The van der Waals surface area contributed by atoms with Gasteiger partial charge in [0, 0.05) is 13.1 Å². The van der Waals surface area contributed by atoms with Gasteiger partial charge in [0.15, 0.2) is 11.6 Å². The third kappa shape index (κ3) is 3.55. The molecule has 1 aromatic carbocycles. The predicted octanol–water partition coefficient (Wildman–Crippen LogP) is 1.58. The molecule has 132 valence electrons. The molecular formula is C15H14FN3O4S2. The highest BCUT2D eigenvalue weighted by Crippen LogP contribution is 2.20. The number of benzene rings is 1. The van der Waals surface area contributed by atoms with Gasteiger partial charge in [-0.1, -0.05) is 0 Å². The number of methoxy groups -OCH3 is 1. The van der Waals surface area contributed by atoms with Gasteiger partial charge in [0.2, 0.25) is 10.0 Å². The topological polar surface area (TPSA) is 90.3 Å². The molecule has 0 aliphatic carbocycles. The molecule has 2 aromatic heterocycles. The van der Waals surface area contributed by atoms with Gasteiger partial charge in [-0.25, -0.2) is 22.5 Å². The summed E-state index contributed by atoms with van der Waals surface area (Å²) in [6.45, 7) is 0.0754. The van der Waals surface area contributed by atoms with Gasteiger partial charge in [0.1, 0.15) is 4.70 Å². The molecule has 0 aliphatic heterocycles. The Kier molecular flexibility index (Phi) is 4.84. The van der Waals surface area contributed by atoms with Gasteiger partial charge < -0.3 is 4.74 Å². The van der Waals surface area contributed by atoms with E-state index in [9.17, 15) is 17.6 Å². The van der Waals surface area contributed by atoms with Crippen LogP contribution >= 0.6 is 11.3 Å². The van der Waals surface area contributed by atoms with Gasteiger partial charge in [-0.05, 0) is 29.6 Å². The van der Waals surface area contributed by atoms with Crippen molar-refractivity contribution in [2.24, 2.45) is 0 Å². The molecule has 0 saturated heterocycles. The largest absolute Gasteiger partial charge is 0.494 e. The fourth-order valence-electron chi connectivity index (χ4n) is 2.24. The molecule has 10 heteroatoms. The van der Waals surface area contributed by atoms with E-state index < -0.39 is 15.8 Å². The number of nitrogens with zero attached hydrogens (tertiary/aromatic N) is 2. The average molecular weight is 383 g/mol. The Balaban J connectivity index is 1.72. The second-order valence-corrected chi connectivity index (χ2v) is 7.76. The predicted molar refractivity (Wildman–Crippen MR) is 92.0 cm³/mol. The minimum absolute atomic E-state index is 0.0333. The lowest BCUT2D eigenvalue weighted by atomic mass is 10.3.